The van der Waals surface area contributed by atoms with Crippen LogP contribution in [-0.4, -0.2) is 54.5 Å². The van der Waals surface area contributed by atoms with E-state index in [2.05, 4.69) is 0 Å². The summed E-state index contributed by atoms with van der Waals surface area (Å²) in [6, 6.07) is 14.7. The van der Waals surface area contributed by atoms with Gasteiger partial charge in [0, 0.05) is 36.0 Å². The number of sulfone groups is 1. The molecule has 2 aromatic carbocycles. The highest BCUT2D eigenvalue weighted by molar-refractivity contribution is 7.90. The highest BCUT2D eigenvalue weighted by Crippen LogP contribution is 2.38. The van der Waals surface area contributed by atoms with Gasteiger partial charge in [-0.1, -0.05) is 36.4 Å². The zero-order valence-corrected chi connectivity index (χ0v) is 22.7. The van der Waals surface area contributed by atoms with Crippen molar-refractivity contribution in [2.75, 3.05) is 25.2 Å². The fraction of sp³-hybridized carbons (Fsp3) is 0.448. The monoisotopic (exact) mass is 542 g/mol. The molecule has 1 heterocycles. The molecule has 1 saturated carbocycles. The predicted molar refractivity (Wildman–Crippen MR) is 145 cm³/mol. The molecule has 0 aliphatic heterocycles. The standard InChI is InChI=1S/C29H35FN2O5S/c1-20-8-13-24(25(30)16-20)29-28(23-6-4-3-5-7-23)26(14-15-38(2,35)36)32(31-29)17-21-9-11-22(12-10-21)18-37-19-27(33)34/h3-8,13,16,21-22H,9-12,14-15,17-19H2,1-2H3,(H,33,34). The minimum Gasteiger partial charge on any atom is -0.480 e. The number of halogens is 1. The highest BCUT2D eigenvalue weighted by atomic mass is 32.2. The molecule has 4 rings (SSSR count). The SMILES string of the molecule is Cc1ccc(-c2nn(CC3CCC(COCC(=O)O)CC3)c(CCS(C)(=O)=O)c2-c2ccccc2)c(F)c1. The largest absolute Gasteiger partial charge is 0.480 e. The first-order valence-corrected chi connectivity index (χ1v) is 15.1. The molecule has 7 nitrogen and oxygen atoms in total. The van der Waals surface area contributed by atoms with Crippen molar-refractivity contribution in [3.05, 3.63) is 65.6 Å². The van der Waals surface area contributed by atoms with E-state index >= 15 is 4.39 Å². The molecular formula is C29H35FN2O5S. The fourth-order valence-electron chi connectivity index (χ4n) is 5.23. The van der Waals surface area contributed by atoms with Gasteiger partial charge < -0.3 is 9.84 Å². The van der Waals surface area contributed by atoms with Crippen LogP contribution in [0.4, 0.5) is 4.39 Å². The van der Waals surface area contributed by atoms with E-state index in [1.54, 1.807) is 6.07 Å². The maximum absolute atomic E-state index is 15.2. The van der Waals surface area contributed by atoms with Gasteiger partial charge in [0.2, 0.25) is 0 Å². The van der Waals surface area contributed by atoms with Crippen LogP contribution in [0.1, 0.15) is 36.9 Å². The third kappa shape index (κ3) is 7.29. The number of nitrogens with zero attached hydrogens (tertiary/aromatic N) is 2. The molecule has 0 spiro atoms. The van der Waals surface area contributed by atoms with Crippen molar-refractivity contribution in [1.82, 2.24) is 9.78 Å². The summed E-state index contributed by atoms with van der Waals surface area (Å²) in [6.07, 6.45) is 5.22. The van der Waals surface area contributed by atoms with E-state index in [1.807, 2.05) is 48.0 Å². The van der Waals surface area contributed by atoms with Crippen LogP contribution in [0.2, 0.25) is 0 Å². The van der Waals surface area contributed by atoms with E-state index in [-0.39, 0.29) is 24.6 Å². The van der Waals surface area contributed by atoms with Crippen LogP contribution in [0.15, 0.2) is 48.5 Å². The Morgan fingerprint density at radius 1 is 1.11 bits per heavy atom. The number of aryl methyl sites for hydroxylation is 1. The number of carboxylic acids is 1. The molecule has 0 saturated heterocycles. The summed E-state index contributed by atoms with van der Waals surface area (Å²) in [5.74, 6) is -0.702. The molecule has 1 aliphatic carbocycles. The van der Waals surface area contributed by atoms with E-state index in [0.29, 0.717) is 36.2 Å². The van der Waals surface area contributed by atoms with Crippen LogP contribution in [0, 0.1) is 24.6 Å². The van der Waals surface area contributed by atoms with Crippen molar-refractivity contribution in [2.24, 2.45) is 11.8 Å². The number of carbonyl (C=O) groups is 1. The molecule has 3 aromatic rings. The van der Waals surface area contributed by atoms with Crippen molar-refractivity contribution < 1.29 is 27.4 Å². The van der Waals surface area contributed by atoms with Gasteiger partial charge in [0.1, 0.15) is 28.0 Å². The van der Waals surface area contributed by atoms with Crippen molar-refractivity contribution >= 4 is 15.8 Å². The first-order valence-electron chi connectivity index (χ1n) is 13.0. The first kappa shape index (κ1) is 28.0. The Kier molecular flexibility index (Phi) is 8.99. The molecule has 0 amide bonds. The van der Waals surface area contributed by atoms with Crippen molar-refractivity contribution in [2.45, 2.75) is 45.6 Å². The lowest BCUT2D eigenvalue weighted by atomic mass is 9.82. The second-order valence-corrected chi connectivity index (χ2v) is 12.6. The lowest BCUT2D eigenvalue weighted by Crippen LogP contribution is -2.24. The maximum atomic E-state index is 15.2. The molecule has 0 bridgehead atoms. The summed E-state index contributed by atoms with van der Waals surface area (Å²) in [7, 11) is -3.23. The zero-order chi connectivity index (χ0) is 27.3. The lowest BCUT2D eigenvalue weighted by Gasteiger charge is -2.28. The fourth-order valence-corrected chi connectivity index (χ4v) is 5.80. The van der Waals surface area contributed by atoms with Crippen LogP contribution >= 0.6 is 0 Å². The number of aromatic nitrogens is 2. The molecule has 1 aliphatic rings. The van der Waals surface area contributed by atoms with Crippen LogP contribution in [0.25, 0.3) is 22.4 Å². The Bertz CT molecular complexity index is 1360. The van der Waals surface area contributed by atoms with E-state index in [4.69, 9.17) is 14.9 Å². The van der Waals surface area contributed by atoms with E-state index < -0.39 is 15.8 Å². The Balaban J connectivity index is 1.67. The summed E-state index contributed by atoms with van der Waals surface area (Å²) in [4.78, 5) is 10.7. The van der Waals surface area contributed by atoms with Crippen molar-refractivity contribution in [3.8, 4) is 22.4 Å². The molecule has 204 valence electrons. The summed E-state index contributed by atoms with van der Waals surface area (Å²) in [6.45, 7) is 2.60. The number of rotatable bonds is 11. The van der Waals surface area contributed by atoms with Gasteiger partial charge in [0.05, 0.1) is 12.4 Å². The Morgan fingerprint density at radius 3 is 2.42 bits per heavy atom. The predicted octanol–water partition coefficient (Wildman–Crippen LogP) is 5.16. The third-order valence-corrected chi connectivity index (χ3v) is 8.13. The maximum Gasteiger partial charge on any atom is 0.329 e. The van der Waals surface area contributed by atoms with Gasteiger partial charge in [-0.05, 0) is 67.7 Å². The Morgan fingerprint density at radius 2 is 1.79 bits per heavy atom. The van der Waals surface area contributed by atoms with Gasteiger partial charge in [-0.3, -0.25) is 4.68 Å². The summed E-state index contributed by atoms with van der Waals surface area (Å²) in [5.41, 5.74) is 4.17. The number of aliphatic carboxylic acids is 1. The quantitative estimate of drug-likeness (QED) is 0.359. The normalized spacial score (nSPS) is 18.0. The lowest BCUT2D eigenvalue weighted by molar-refractivity contribution is -0.142. The number of benzene rings is 2. The average molecular weight is 543 g/mol. The molecule has 0 unspecified atom stereocenters. The molecule has 1 N–H and O–H groups in total. The second kappa shape index (κ2) is 12.2. The minimum atomic E-state index is -3.23. The van der Waals surface area contributed by atoms with Gasteiger partial charge in [0.15, 0.2) is 0 Å². The average Bonchev–Trinajstić information content (AvgIpc) is 3.21. The number of carboxylic acid groups (broad SMARTS) is 1. The molecule has 0 atom stereocenters. The van der Waals surface area contributed by atoms with E-state index in [1.165, 1.54) is 12.3 Å². The van der Waals surface area contributed by atoms with Gasteiger partial charge in [-0.25, -0.2) is 17.6 Å². The van der Waals surface area contributed by atoms with Gasteiger partial charge in [-0.15, -0.1) is 0 Å². The van der Waals surface area contributed by atoms with Crippen molar-refractivity contribution in [1.29, 1.82) is 0 Å². The van der Waals surface area contributed by atoms with Crippen LogP contribution in [-0.2, 0) is 32.3 Å². The zero-order valence-electron chi connectivity index (χ0n) is 21.9. The summed E-state index contributed by atoms with van der Waals surface area (Å²) in [5, 5.41) is 13.7. The van der Waals surface area contributed by atoms with Crippen molar-refractivity contribution in [3.63, 3.8) is 0 Å². The van der Waals surface area contributed by atoms with Gasteiger partial charge in [0.25, 0.3) is 0 Å². The highest BCUT2D eigenvalue weighted by Gasteiger charge is 2.27. The smallest absolute Gasteiger partial charge is 0.329 e. The molecule has 1 fully saturated rings. The molecule has 38 heavy (non-hydrogen) atoms. The number of hydrogen-bond donors (Lipinski definition) is 1. The second-order valence-electron chi connectivity index (χ2n) is 10.4. The van der Waals surface area contributed by atoms with Crippen LogP contribution in [0.3, 0.4) is 0 Å². The first-order chi connectivity index (χ1) is 18.1. The number of ether oxygens (including phenoxy) is 1. The summed E-state index contributed by atoms with van der Waals surface area (Å²) >= 11 is 0. The van der Waals surface area contributed by atoms with Crippen LogP contribution < -0.4 is 0 Å². The minimum absolute atomic E-state index is 0.0258. The van der Waals surface area contributed by atoms with E-state index in [9.17, 15) is 13.2 Å². The third-order valence-electron chi connectivity index (χ3n) is 7.19. The van der Waals surface area contributed by atoms with Crippen LogP contribution in [0.5, 0.6) is 0 Å². The Labute approximate surface area is 223 Å². The topological polar surface area (TPSA) is 98.5 Å². The molecule has 1 aromatic heterocycles. The number of hydrogen-bond acceptors (Lipinski definition) is 5. The molecular weight excluding hydrogens is 507 g/mol. The van der Waals surface area contributed by atoms with E-state index in [0.717, 1.165) is 48.1 Å². The van der Waals surface area contributed by atoms with Gasteiger partial charge >= 0.3 is 5.97 Å². The van der Waals surface area contributed by atoms with Gasteiger partial charge in [-0.2, -0.15) is 5.10 Å². The Hall–Kier alpha value is -3.04. The summed E-state index contributed by atoms with van der Waals surface area (Å²) < 4.78 is 46.7. The molecule has 9 heteroatoms. The molecule has 0 radical (unpaired) electrons.